The molecule has 2 rings (SSSR count). The van der Waals surface area contributed by atoms with Crippen molar-refractivity contribution in [1.29, 1.82) is 0 Å². The number of nitro benzene ring substituents is 1. The first kappa shape index (κ1) is 13.4. The quantitative estimate of drug-likeness (QED) is 0.623. The van der Waals surface area contributed by atoms with Crippen molar-refractivity contribution in [2.24, 2.45) is 0 Å². The molecule has 98 valence electrons. The standard InChI is InChI=1S/C14H12ClNO3/c1-10-2-5-12(15)8-14(10)19-9-11-3-6-13(7-4-11)16(17)18/h2-8H,9H2,1H3. The van der Waals surface area contributed by atoms with Crippen molar-refractivity contribution >= 4 is 17.3 Å². The molecule has 0 unspecified atom stereocenters. The van der Waals surface area contributed by atoms with Gasteiger partial charge in [0.25, 0.3) is 5.69 Å². The molecule has 0 spiro atoms. The average molecular weight is 278 g/mol. The molecule has 0 radical (unpaired) electrons. The number of aryl methyl sites for hydroxylation is 1. The van der Waals surface area contributed by atoms with Crippen LogP contribution in [0.15, 0.2) is 42.5 Å². The summed E-state index contributed by atoms with van der Waals surface area (Å²) < 4.78 is 5.65. The molecule has 0 aliphatic carbocycles. The molecule has 2 aromatic carbocycles. The van der Waals surface area contributed by atoms with E-state index in [9.17, 15) is 10.1 Å². The van der Waals surface area contributed by atoms with Crippen LogP contribution in [0, 0.1) is 17.0 Å². The number of hydrogen-bond donors (Lipinski definition) is 0. The molecule has 0 bridgehead atoms. The van der Waals surface area contributed by atoms with E-state index in [1.807, 2.05) is 13.0 Å². The molecular weight excluding hydrogens is 266 g/mol. The van der Waals surface area contributed by atoms with Crippen LogP contribution in [0.2, 0.25) is 5.02 Å². The number of non-ortho nitro benzene ring substituents is 1. The first-order valence-electron chi connectivity index (χ1n) is 5.68. The number of rotatable bonds is 4. The van der Waals surface area contributed by atoms with Gasteiger partial charge in [-0.3, -0.25) is 10.1 Å². The zero-order valence-electron chi connectivity index (χ0n) is 10.3. The van der Waals surface area contributed by atoms with Crippen molar-refractivity contribution in [1.82, 2.24) is 0 Å². The molecule has 4 nitrogen and oxygen atoms in total. The fraction of sp³-hybridized carbons (Fsp3) is 0.143. The third-order valence-corrected chi connectivity index (χ3v) is 2.93. The summed E-state index contributed by atoms with van der Waals surface area (Å²) in [6.45, 7) is 2.28. The third kappa shape index (κ3) is 3.45. The fourth-order valence-corrected chi connectivity index (χ4v) is 1.77. The average Bonchev–Trinajstić information content (AvgIpc) is 2.40. The number of hydrogen-bond acceptors (Lipinski definition) is 3. The minimum Gasteiger partial charge on any atom is -0.489 e. The van der Waals surface area contributed by atoms with Gasteiger partial charge in [-0.1, -0.05) is 17.7 Å². The van der Waals surface area contributed by atoms with Gasteiger partial charge in [0.2, 0.25) is 0 Å². The van der Waals surface area contributed by atoms with E-state index in [0.717, 1.165) is 11.1 Å². The van der Waals surface area contributed by atoms with Crippen LogP contribution >= 0.6 is 11.6 Å². The van der Waals surface area contributed by atoms with Crippen LogP contribution in [0.3, 0.4) is 0 Å². The molecule has 0 N–H and O–H groups in total. The Hall–Kier alpha value is -2.07. The zero-order valence-corrected chi connectivity index (χ0v) is 11.1. The molecule has 0 aromatic heterocycles. The van der Waals surface area contributed by atoms with Gasteiger partial charge >= 0.3 is 0 Å². The number of nitro groups is 1. The smallest absolute Gasteiger partial charge is 0.269 e. The highest BCUT2D eigenvalue weighted by Crippen LogP contribution is 2.23. The Balaban J connectivity index is 2.06. The lowest BCUT2D eigenvalue weighted by molar-refractivity contribution is -0.384. The van der Waals surface area contributed by atoms with Crippen LogP contribution < -0.4 is 4.74 Å². The maximum atomic E-state index is 10.5. The van der Waals surface area contributed by atoms with Gasteiger partial charge in [0.1, 0.15) is 12.4 Å². The van der Waals surface area contributed by atoms with Crippen molar-refractivity contribution in [2.45, 2.75) is 13.5 Å². The normalized spacial score (nSPS) is 10.2. The predicted molar refractivity (Wildman–Crippen MR) is 73.6 cm³/mol. The molecule has 0 saturated carbocycles. The molecule has 19 heavy (non-hydrogen) atoms. The molecular formula is C14H12ClNO3. The predicted octanol–water partition coefficient (Wildman–Crippen LogP) is 4.14. The Morgan fingerprint density at radius 2 is 1.89 bits per heavy atom. The zero-order chi connectivity index (χ0) is 13.8. The van der Waals surface area contributed by atoms with Gasteiger partial charge in [0.05, 0.1) is 4.92 Å². The second-order valence-corrected chi connectivity index (χ2v) is 4.56. The summed E-state index contributed by atoms with van der Waals surface area (Å²) in [4.78, 5) is 10.1. The molecule has 0 amide bonds. The number of benzene rings is 2. The van der Waals surface area contributed by atoms with Crippen molar-refractivity contribution < 1.29 is 9.66 Å². The summed E-state index contributed by atoms with van der Waals surface area (Å²) in [5.41, 5.74) is 1.93. The number of nitrogens with zero attached hydrogens (tertiary/aromatic N) is 1. The summed E-state index contributed by atoms with van der Waals surface area (Å²) in [7, 11) is 0. The third-order valence-electron chi connectivity index (χ3n) is 2.69. The SMILES string of the molecule is Cc1ccc(Cl)cc1OCc1ccc([N+](=O)[O-])cc1. The second kappa shape index (κ2) is 5.71. The lowest BCUT2D eigenvalue weighted by Gasteiger charge is -2.09. The van der Waals surface area contributed by atoms with Crippen LogP contribution in [0.5, 0.6) is 5.75 Å². The van der Waals surface area contributed by atoms with Gasteiger partial charge in [-0.15, -0.1) is 0 Å². The first-order valence-corrected chi connectivity index (χ1v) is 6.06. The van der Waals surface area contributed by atoms with E-state index < -0.39 is 4.92 Å². The molecule has 0 saturated heterocycles. The van der Waals surface area contributed by atoms with Crippen LogP contribution in [-0.2, 0) is 6.61 Å². The van der Waals surface area contributed by atoms with E-state index in [1.54, 1.807) is 24.3 Å². The Morgan fingerprint density at radius 3 is 2.53 bits per heavy atom. The first-order chi connectivity index (χ1) is 9.06. The lowest BCUT2D eigenvalue weighted by atomic mass is 10.2. The van der Waals surface area contributed by atoms with E-state index in [-0.39, 0.29) is 5.69 Å². The Bertz CT molecular complexity index is 596. The van der Waals surface area contributed by atoms with Gasteiger partial charge in [-0.2, -0.15) is 0 Å². The van der Waals surface area contributed by atoms with Gasteiger partial charge in [0, 0.05) is 17.2 Å². The van der Waals surface area contributed by atoms with Crippen LogP contribution in [-0.4, -0.2) is 4.92 Å². The van der Waals surface area contributed by atoms with Gasteiger partial charge < -0.3 is 4.74 Å². The van der Waals surface area contributed by atoms with Crippen LogP contribution in [0.4, 0.5) is 5.69 Å². The maximum absolute atomic E-state index is 10.5. The summed E-state index contributed by atoms with van der Waals surface area (Å²) in [5.74, 6) is 0.714. The highest BCUT2D eigenvalue weighted by Gasteiger charge is 2.05. The van der Waals surface area contributed by atoms with E-state index in [0.29, 0.717) is 17.4 Å². The highest BCUT2D eigenvalue weighted by molar-refractivity contribution is 6.30. The van der Waals surface area contributed by atoms with Gasteiger partial charge in [-0.25, -0.2) is 0 Å². The van der Waals surface area contributed by atoms with Crippen molar-refractivity contribution in [3.63, 3.8) is 0 Å². The maximum Gasteiger partial charge on any atom is 0.269 e. The second-order valence-electron chi connectivity index (χ2n) is 4.12. The van der Waals surface area contributed by atoms with Crippen LogP contribution in [0.1, 0.15) is 11.1 Å². The Labute approximate surface area is 115 Å². The highest BCUT2D eigenvalue weighted by atomic mass is 35.5. The monoisotopic (exact) mass is 277 g/mol. The lowest BCUT2D eigenvalue weighted by Crippen LogP contribution is -1.97. The van der Waals surface area contributed by atoms with Crippen molar-refractivity contribution in [3.05, 3.63) is 68.7 Å². The van der Waals surface area contributed by atoms with E-state index >= 15 is 0 Å². The van der Waals surface area contributed by atoms with E-state index in [4.69, 9.17) is 16.3 Å². The number of halogens is 1. The summed E-state index contributed by atoms with van der Waals surface area (Å²) >= 11 is 5.90. The molecule has 0 fully saturated rings. The van der Waals surface area contributed by atoms with E-state index in [1.165, 1.54) is 12.1 Å². The molecule has 5 heteroatoms. The molecule has 0 aliphatic rings. The van der Waals surface area contributed by atoms with E-state index in [2.05, 4.69) is 0 Å². The van der Waals surface area contributed by atoms with Crippen molar-refractivity contribution in [2.75, 3.05) is 0 Å². The molecule has 2 aromatic rings. The van der Waals surface area contributed by atoms with Gasteiger partial charge in [0.15, 0.2) is 0 Å². The fourth-order valence-electron chi connectivity index (χ4n) is 1.60. The molecule has 0 heterocycles. The topological polar surface area (TPSA) is 52.4 Å². The van der Waals surface area contributed by atoms with Crippen LogP contribution in [0.25, 0.3) is 0 Å². The molecule has 0 atom stereocenters. The number of ether oxygens (including phenoxy) is 1. The summed E-state index contributed by atoms with van der Waals surface area (Å²) in [6, 6.07) is 11.7. The minimum absolute atomic E-state index is 0.0719. The van der Waals surface area contributed by atoms with Crippen molar-refractivity contribution in [3.8, 4) is 5.75 Å². The minimum atomic E-state index is -0.425. The van der Waals surface area contributed by atoms with Gasteiger partial charge in [-0.05, 0) is 42.3 Å². The Kier molecular flexibility index (Phi) is 4.02. The Morgan fingerprint density at radius 1 is 1.21 bits per heavy atom. The summed E-state index contributed by atoms with van der Waals surface area (Å²) in [5, 5.41) is 11.1. The molecule has 0 aliphatic heterocycles. The largest absolute Gasteiger partial charge is 0.489 e. The summed E-state index contributed by atoms with van der Waals surface area (Å²) in [6.07, 6.45) is 0.